The predicted molar refractivity (Wildman–Crippen MR) is 107 cm³/mol. The maximum absolute atomic E-state index is 4.13. The van der Waals surface area contributed by atoms with Crippen LogP contribution in [0.5, 0.6) is 0 Å². The topological polar surface area (TPSA) is 51.6 Å². The van der Waals surface area contributed by atoms with Crippen LogP contribution >= 0.6 is 47.0 Å². The summed E-state index contributed by atoms with van der Waals surface area (Å²) in [5.74, 6) is 0. The fourth-order valence-corrected chi connectivity index (χ4v) is 7.76. The number of hydrogen-bond donors (Lipinski definition) is 0. The molecule has 120 valence electrons. The molecule has 2 aromatic heterocycles. The summed E-state index contributed by atoms with van der Waals surface area (Å²) in [5.41, 5.74) is 2.16. The highest BCUT2D eigenvalue weighted by Crippen LogP contribution is 2.62. The Morgan fingerprint density at radius 2 is 0.958 bits per heavy atom. The monoisotopic (exact) mass is 388 g/mol. The van der Waals surface area contributed by atoms with E-state index in [-0.39, 0.29) is 0 Å². The van der Waals surface area contributed by atoms with E-state index in [1.807, 2.05) is 71.8 Å². The molecule has 4 heterocycles. The Labute approximate surface area is 157 Å². The number of thioether (sulfide) groups is 4. The summed E-state index contributed by atoms with van der Waals surface area (Å²) >= 11 is 7.29. The third-order valence-corrected chi connectivity index (χ3v) is 9.18. The normalized spacial score (nSPS) is 21.1. The van der Waals surface area contributed by atoms with E-state index in [0.29, 0.717) is 0 Å². The Kier molecular flexibility index (Phi) is 4.71. The third-order valence-electron chi connectivity index (χ3n) is 3.33. The molecule has 0 radical (unpaired) electrons. The lowest BCUT2D eigenvalue weighted by Gasteiger charge is -2.03. The second-order valence-electron chi connectivity index (χ2n) is 5.01. The van der Waals surface area contributed by atoms with Crippen molar-refractivity contribution >= 4 is 56.9 Å². The minimum absolute atomic E-state index is 1.08. The molecule has 0 aliphatic carbocycles. The van der Waals surface area contributed by atoms with Gasteiger partial charge in [-0.1, -0.05) is 47.0 Å². The first-order valence-electron chi connectivity index (χ1n) is 7.10. The van der Waals surface area contributed by atoms with Gasteiger partial charge in [0.25, 0.3) is 0 Å². The number of nitrogens with zero attached hydrogens (tertiary/aromatic N) is 4. The van der Waals surface area contributed by atoms with Crippen molar-refractivity contribution in [1.29, 1.82) is 0 Å². The standard InChI is InChI=1S/C16H12N4S4/c1-9-13(11-3-17-7-18-4-11)23-15(21-9)16-22-10(2)14(24-16)12-5-19-8-20-6-12/h3-8H,1-2H3/b16-15-. The number of rotatable bonds is 2. The molecule has 2 aliphatic rings. The highest BCUT2D eigenvalue weighted by Gasteiger charge is 2.28. The van der Waals surface area contributed by atoms with E-state index in [2.05, 4.69) is 33.8 Å². The maximum Gasteiger partial charge on any atom is 0.115 e. The fourth-order valence-electron chi connectivity index (χ4n) is 2.27. The van der Waals surface area contributed by atoms with Gasteiger partial charge in [0.15, 0.2) is 0 Å². The molecule has 4 nitrogen and oxygen atoms in total. The Bertz CT molecular complexity index is 802. The number of allylic oxidation sites excluding steroid dienone is 2. The van der Waals surface area contributed by atoms with E-state index in [0.717, 1.165) is 11.1 Å². The van der Waals surface area contributed by atoms with Gasteiger partial charge in [-0.15, -0.1) is 0 Å². The van der Waals surface area contributed by atoms with Crippen LogP contribution in [0.2, 0.25) is 0 Å². The summed E-state index contributed by atoms with van der Waals surface area (Å²) in [5, 5.41) is 0. The van der Waals surface area contributed by atoms with Crippen LogP contribution in [0, 0.1) is 0 Å². The van der Waals surface area contributed by atoms with Gasteiger partial charge >= 0.3 is 0 Å². The zero-order chi connectivity index (χ0) is 16.5. The molecule has 0 bridgehead atoms. The first-order chi connectivity index (χ1) is 11.7. The Morgan fingerprint density at radius 1 is 0.583 bits per heavy atom. The van der Waals surface area contributed by atoms with Gasteiger partial charge in [-0.2, -0.15) is 0 Å². The lowest BCUT2D eigenvalue weighted by molar-refractivity contribution is 1.16. The summed E-state index contributed by atoms with van der Waals surface area (Å²) in [4.78, 5) is 21.6. The van der Waals surface area contributed by atoms with Gasteiger partial charge in [-0.3, -0.25) is 0 Å². The predicted octanol–water partition coefficient (Wildman–Crippen LogP) is 5.43. The van der Waals surface area contributed by atoms with Crippen molar-refractivity contribution in [3.8, 4) is 0 Å². The summed E-state index contributed by atoms with van der Waals surface area (Å²) in [6.45, 7) is 4.31. The van der Waals surface area contributed by atoms with Crippen LogP contribution in [0.25, 0.3) is 9.81 Å². The number of hydrogen-bond acceptors (Lipinski definition) is 8. The minimum Gasteiger partial charge on any atom is -0.244 e. The molecule has 0 N–H and O–H groups in total. The zero-order valence-electron chi connectivity index (χ0n) is 12.9. The van der Waals surface area contributed by atoms with Gasteiger partial charge in [0.2, 0.25) is 0 Å². The Morgan fingerprint density at radius 3 is 1.33 bits per heavy atom. The van der Waals surface area contributed by atoms with Crippen LogP contribution in [0.15, 0.2) is 55.7 Å². The van der Waals surface area contributed by atoms with Crippen LogP contribution in [0.3, 0.4) is 0 Å². The molecule has 24 heavy (non-hydrogen) atoms. The lowest BCUT2D eigenvalue weighted by Crippen LogP contribution is -1.83. The summed E-state index contributed by atoms with van der Waals surface area (Å²) in [6.07, 6.45) is 10.6. The minimum atomic E-state index is 1.08. The van der Waals surface area contributed by atoms with Crippen LogP contribution in [0.1, 0.15) is 25.0 Å². The highest BCUT2D eigenvalue weighted by molar-refractivity contribution is 8.37. The quantitative estimate of drug-likeness (QED) is 0.675. The molecule has 2 aromatic rings. The van der Waals surface area contributed by atoms with Gasteiger partial charge in [0.1, 0.15) is 12.7 Å². The molecule has 0 aromatic carbocycles. The van der Waals surface area contributed by atoms with Gasteiger partial charge < -0.3 is 0 Å². The Balaban J connectivity index is 1.59. The van der Waals surface area contributed by atoms with E-state index in [9.17, 15) is 0 Å². The first-order valence-corrected chi connectivity index (χ1v) is 10.4. The van der Waals surface area contributed by atoms with Crippen molar-refractivity contribution < 1.29 is 0 Å². The van der Waals surface area contributed by atoms with Gasteiger partial charge in [-0.05, 0) is 13.8 Å². The first kappa shape index (κ1) is 16.3. The summed E-state index contributed by atoms with van der Waals surface area (Å²) in [6, 6.07) is 0. The second-order valence-corrected chi connectivity index (χ2v) is 10.0. The maximum atomic E-state index is 4.13. The van der Waals surface area contributed by atoms with Gasteiger partial charge in [0.05, 0.1) is 8.47 Å². The van der Waals surface area contributed by atoms with Crippen LogP contribution in [0.4, 0.5) is 0 Å². The van der Waals surface area contributed by atoms with Crippen molar-refractivity contribution in [2.75, 3.05) is 0 Å². The molecular weight excluding hydrogens is 376 g/mol. The summed E-state index contributed by atoms with van der Waals surface area (Å²) in [7, 11) is 0. The molecule has 8 heteroatoms. The van der Waals surface area contributed by atoms with E-state index in [1.165, 1.54) is 28.1 Å². The van der Waals surface area contributed by atoms with Crippen LogP contribution < -0.4 is 0 Å². The molecule has 0 unspecified atom stereocenters. The van der Waals surface area contributed by atoms with Gasteiger partial charge in [0, 0.05) is 55.5 Å². The lowest BCUT2D eigenvalue weighted by atomic mass is 10.3. The zero-order valence-corrected chi connectivity index (χ0v) is 16.2. The molecular formula is C16H12N4S4. The van der Waals surface area contributed by atoms with Crippen LogP contribution in [-0.2, 0) is 0 Å². The fraction of sp³-hybridized carbons (Fsp3) is 0.125. The average molecular weight is 389 g/mol. The van der Waals surface area contributed by atoms with E-state index in [4.69, 9.17) is 0 Å². The van der Waals surface area contributed by atoms with Crippen molar-refractivity contribution in [2.24, 2.45) is 0 Å². The van der Waals surface area contributed by atoms with Crippen molar-refractivity contribution in [3.63, 3.8) is 0 Å². The Hall–Kier alpha value is -1.22. The molecule has 4 rings (SSSR count). The molecule has 2 aliphatic heterocycles. The summed E-state index contributed by atoms with van der Waals surface area (Å²) < 4.78 is 2.65. The highest BCUT2D eigenvalue weighted by atomic mass is 32.2. The largest absolute Gasteiger partial charge is 0.244 e. The van der Waals surface area contributed by atoms with E-state index in [1.54, 1.807) is 12.7 Å². The molecule has 0 saturated carbocycles. The van der Waals surface area contributed by atoms with Gasteiger partial charge in [-0.25, -0.2) is 19.9 Å². The SMILES string of the molecule is CC1=C(c2cncnc2)S/C(=C2/SC(C)=C(c3cncnc3)S2)S1. The average Bonchev–Trinajstić information content (AvgIpc) is 3.19. The molecule has 0 saturated heterocycles. The smallest absolute Gasteiger partial charge is 0.115 e. The van der Waals surface area contributed by atoms with Crippen molar-refractivity contribution in [3.05, 3.63) is 66.9 Å². The van der Waals surface area contributed by atoms with E-state index >= 15 is 0 Å². The van der Waals surface area contributed by atoms with Crippen molar-refractivity contribution in [2.45, 2.75) is 13.8 Å². The van der Waals surface area contributed by atoms with Crippen LogP contribution in [-0.4, -0.2) is 19.9 Å². The number of aromatic nitrogens is 4. The van der Waals surface area contributed by atoms with Crippen molar-refractivity contribution in [1.82, 2.24) is 19.9 Å². The molecule has 0 amide bonds. The van der Waals surface area contributed by atoms with E-state index < -0.39 is 0 Å². The molecule has 0 atom stereocenters. The second kappa shape index (κ2) is 6.95. The molecule has 0 fully saturated rings. The molecule has 0 spiro atoms. The third kappa shape index (κ3) is 3.15.